The Morgan fingerprint density at radius 1 is 0.932 bits per heavy atom. The predicted octanol–water partition coefficient (Wildman–Crippen LogP) is 3.80. The van der Waals surface area contributed by atoms with Crippen LogP contribution in [0.4, 0.5) is 0 Å². The third-order valence-electron chi connectivity index (χ3n) is 7.08. The minimum atomic E-state index is -0.530. The lowest BCUT2D eigenvalue weighted by molar-refractivity contribution is -0.122. The summed E-state index contributed by atoms with van der Waals surface area (Å²) in [5, 5.41) is 13.5. The average molecular weight is 632 g/mol. The Hall–Kier alpha value is -4.49. The highest BCUT2D eigenvalue weighted by Crippen LogP contribution is 2.27. The molecule has 0 aliphatic carbocycles. The molecule has 44 heavy (non-hydrogen) atoms. The Morgan fingerprint density at radius 3 is 2.34 bits per heavy atom. The second-order valence-corrected chi connectivity index (χ2v) is 12.5. The number of hydrogen-bond donors (Lipinski definition) is 3. The number of hydrogen-bond acceptors (Lipinski definition) is 9. The number of carbonyl (C=O) groups is 4. The SMILES string of the molecule is CC(C)[C@@H]1NC(=O)c2csc(n2)[C@H](Cc2ccccc2)NC(=O)CN(C(=O)c2ccncc2)CCCNC(=O)c2csc1n2. The summed E-state index contributed by atoms with van der Waals surface area (Å²) in [6, 6.07) is 11.9. The number of carbonyl (C=O) groups excluding carboxylic acids is 4. The summed E-state index contributed by atoms with van der Waals surface area (Å²) >= 11 is 2.60. The summed E-state index contributed by atoms with van der Waals surface area (Å²) in [4.78, 5) is 67.7. The first kappa shape index (κ1) is 31.0. The number of fused-ring (bicyclic) bond motifs is 4. The maximum absolute atomic E-state index is 13.5. The Balaban J connectivity index is 1.47. The lowest BCUT2D eigenvalue weighted by Gasteiger charge is -2.24. The molecule has 0 saturated carbocycles. The average Bonchev–Trinajstić information content (AvgIpc) is 3.72. The van der Waals surface area contributed by atoms with Crippen molar-refractivity contribution in [2.75, 3.05) is 19.6 Å². The molecule has 0 radical (unpaired) electrons. The molecule has 1 aliphatic heterocycles. The maximum Gasteiger partial charge on any atom is 0.271 e. The van der Waals surface area contributed by atoms with Gasteiger partial charge in [-0.15, -0.1) is 22.7 Å². The van der Waals surface area contributed by atoms with Crippen LogP contribution in [0.15, 0.2) is 65.6 Å². The van der Waals surface area contributed by atoms with Gasteiger partial charge in [-0.25, -0.2) is 9.97 Å². The molecule has 4 bridgehead atoms. The van der Waals surface area contributed by atoms with Crippen LogP contribution in [0.2, 0.25) is 0 Å². The van der Waals surface area contributed by atoms with Crippen molar-refractivity contribution in [2.24, 2.45) is 5.92 Å². The summed E-state index contributed by atoms with van der Waals surface area (Å²) in [6.07, 6.45) is 3.91. The van der Waals surface area contributed by atoms with Crippen LogP contribution in [-0.2, 0) is 11.2 Å². The number of thiazole rings is 2. The number of amides is 4. The largest absolute Gasteiger partial charge is 0.351 e. The van der Waals surface area contributed by atoms with Gasteiger partial charge in [-0.1, -0.05) is 44.2 Å². The zero-order chi connectivity index (χ0) is 31.1. The van der Waals surface area contributed by atoms with Crippen LogP contribution >= 0.6 is 22.7 Å². The number of nitrogens with one attached hydrogen (secondary N) is 3. The van der Waals surface area contributed by atoms with Crippen molar-refractivity contribution in [1.82, 2.24) is 35.8 Å². The second kappa shape index (κ2) is 14.3. The predicted molar refractivity (Wildman–Crippen MR) is 167 cm³/mol. The van der Waals surface area contributed by atoms with E-state index in [-0.39, 0.29) is 60.6 Å². The van der Waals surface area contributed by atoms with E-state index in [0.29, 0.717) is 28.4 Å². The fourth-order valence-corrected chi connectivity index (χ4v) is 6.64. The molecule has 4 aromatic rings. The van der Waals surface area contributed by atoms with Crippen molar-refractivity contribution in [3.8, 4) is 0 Å². The van der Waals surface area contributed by atoms with Gasteiger partial charge in [-0.2, -0.15) is 0 Å². The van der Waals surface area contributed by atoms with Gasteiger partial charge in [0.2, 0.25) is 5.91 Å². The number of nitrogens with zero attached hydrogens (tertiary/aromatic N) is 4. The Kier molecular flexibility index (Phi) is 10.1. The van der Waals surface area contributed by atoms with Crippen molar-refractivity contribution < 1.29 is 19.2 Å². The van der Waals surface area contributed by atoms with Crippen LogP contribution in [0.1, 0.15) is 79.3 Å². The molecule has 0 spiro atoms. The van der Waals surface area contributed by atoms with Gasteiger partial charge in [0.05, 0.1) is 18.6 Å². The fraction of sp³-hybridized carbons (Fsp3) is 0.323. The molecular formula is C31H33N7O4S2. The summed E-state index contributed by atoms with van der Waals surface area (Å²) < 4.78 is 0. The Bertz CT molecular complexity index is 1610. The van der Waals surface area contributed by atoms with E-state index >= 15 is 0 Å². The molecule has 11 nitrogen and oxygen atoms in total. The Labute approximate surface area is 263 Å². The van der Waals surface area contributed by atoms with Gasteiger partial charge in [-0.3, -0.25) is 24.2 Å². The highest BCUT2D eigenvalue weighted by atomic mass is 32.1. The summed E-state index contributed by atoms with van der Waals surface area (Å²) in [5.41, 5.74) is 1.87. The molecule has 4 heterocycles. The Morgan fingerprint density at radius 2 is 1.61 bits per heavy atom. The van der Waals surface area contributed by atoms with Crippen LogP contribution in [0, 0.1) is 5.92 Å². The second-order valence-electron chi connectivity index (χ2n) is 10.7. The number of rotatable bonds is 4. The molecular weight excluding hydrogens is 599 g/mol. The van der Waals surface area contributed by atoms with E-state index in [2.05, 4.69) is 30.9 Å². The number of benzene rings is 1. The van der Waals surface area contributed by atoms with Gasteiger partial charge in [0.15, 0.2) is 0 Å². The molecule has 1 aliphatic rings. The zero-order valence-corrected chi connectivity index (χ0v) is 26.0. The summed E-state index contributed by atoms with van der Waals surface area (Å²) in [6.45, 7) is 4.24. The van der Waals surface area contributed by atoms with E-state index in [1.165, 1.54) is 40.0 Å². The molecule has 0 saturated heterocycles. The van der Waals surface area contributed by atoms with Crippen molar-refractivity contribution in [2.45, 2.75) is 38.8 Å². The monoisotopic (exact) mass is 631 g/mol. The first-order valence-electron chi connectivity index (χ1n) is 14.3. The minimum Gasteiger partial charge on any atom is -0.351 e. The molecule has 3 N–H and O–H groups in total. The van der Waals surface area contributed by atoms with Crippen molar-refractivity contribution >= 4 is 46.3 Å². The van der Waals surface area contributed by atoms with Crippen LogP contribution in [-0.4, -0.2) is 63.1 Å². The summed E-state index contributed by atoms with van der Waals surface area (Å²) in [7, 11) is 0. The highest BCUT2D eigenvalue weighted by molar-refractivity contribution is 7.10. The normalized spacial score (nSPS) is 18.4. The third-order valence-corrected chi connectivity index (χ3v) is 8.97. The van der Waals surface area contributed by atoms with Crippen molar-refractivity contribution in [3.05, 3.63) is 98.1 Å². The van der Waals surface area contributed by atoms with Gasteiger partial charge in [0.25, 0.3) is 17.7 Å². The quantitative estimate of drug-likeness (QED) is 0.311. The van der Waals surface area contributed by atoms with Gasteiger partial charge in [0.1, 0.15) is 21.4 Å². The number of pyridine rings is 1. The molecule has 0 unspecified atom stereocenters. The van der Waals surface area contributed by atoms with Crippen LogP contribution < -0.4 is 16.0 Å². The van der Waals surface area contributed by atoms with Crippen LogP contribution in [0.5, 0.6) is 0 Å². The molecule has 1 aromatic carbocycles. The van der Waals surface area contributed by atoms with Crippen molar-refractivity contribution in [3.63, 3.8) is 0 Å². The molecule has 4 amide bonds. The van der Waals surface area contributed by atoms with Gasteiger partial charge >= 0.3 is 0 Å². The van der Waals surface area contributed by atoms with E-state index < -0.39 is 12.1 Å². The van der Waals surface area contributed by atoms with Gasteiger partial charge in [-0.05, 0) is 36.5 Å². The maximum atomic E-state index is 13.5. The van der Waals surface area contributed by atoms with Gasteiger partial charge < -0.3 is 20.9 Å². The van der Waals surface area contributed by atoms with E-state index in [1.54, 1.807) is 22.9 Å². The van der Waals surface area contributed by atoms with Gasteiger partial charge in [0, 0.05) is 41.8 Å². The smallest absolute Gasteiger partial charge is 0.271 e. The summed E-state index contributed by atoms with van der Waals surface area (Å²) in [5.74, 6) is -1.41. The third kappa shape index (κ3) is 7.71. The van der Waals surface area contributed by atoms with Crippen LogP contribution in [0.3, 0.4) is 0 Å². The number of aromatic nitrogens is 3. The topological polar surface area (TPSA) is 146 Å². The van der Waals surface area contributed by atoms with Crippen LogP contribution in [0.25, 0.3) is 0 Å². The molecule has 3 aromatic heterocycles. The van der Waals surface area contributed by atoms with E-state index in [1.807, 2.05) is 44.2 Å². The first-order valence-corrected chi connectivity index (χ1v) is 16.1. The molecule has 228 valence electrons. The molecule has 13 heteroatoms. The molecule has 0 fully saturated rings. The molecule has 2 atom stereocenters. The van der Waals surface area contributed by atoms with E-state index in [0.717, 1.165) is 5.56 Å². The fourth-order valence-electron chi connectivity index (χ4n) is 4.77. The zero-order valence-electron chi connectivity index (χ0n) is 24.4. The standard InChI is InChI=1S/C31H33N7O4S2/c1-19(2)26-30-36-23(17-44-30)27(40)33-11-6-14-38(31(42)21-9-12-32-13-10-21)16-25(39)34-22(15-20-7-4-3-5-8-20)29-35-24(18-43-29)28(41)37-26/h3-5,7-10,12-13,17-19,22,26H,6,11,14-16H2,1-2H3,(H,33,40)(H,34,39)(H,37,41)/t22-,26-/m0/s1. The van der Waals surface area contributed by atoms with E-state index in [9.17, 15) is 19.2 Å². The lowest BCUT2D eigenvalue weighted by Crippen LogP contribution is -2.43. The molecule has 5 rings (SSSR count). The van der Waals surface area contributed by atoms with Crippen molar-refractivity contribution in [1.29, 1.82) is 0 Å². The first-order chi connectivity index (χ1) is 21.3. The lowest BCUT2D eigenvalue weighted by atomic mass is 10.0. The minimum absolute atomic E-state index is 0.00209. The highest BCUT2D eigenvalue weighted by Gasteiger charge is 2.27. The van der Waals surface area contributed by atoms with E-state index in [4.69, 9.17) is 0 Å².